The average molecular weight is 1770 g/mol. The number of ether oxygens (including phenoxy) is 8. The van der Waals surface area contributed by atoms with E-state index in [0.29, 0.717) is 10.6 Å². The maximum Gasteiger partial charge on any atom is 0.336 e. The molecule has 19 atom stereocenters. The fourth-order valence-corrected chi connectivity index (χ4v) is 15.3. The summed E-state index contributed by atoms with van der Waals surface area (Å²) < 4.78 is 50.8. The first-order valence-corrected chi connectivity index (χ1v) is 39.9. The monoisotopic (exact) mass is 1770 g/mol. The summed E-state index contributed by atoms with van der Waals surface area (Å²) in [6.45, 7) is 6.71. The van der Waals surface area contributed by atoms with E-state index in [-0.39, 0.29) is 65.8 Å². The number of hydrogen-bond acceptors (Lipinski definition) is 28. The van der Waals surface area contributed by atoms with Crippen molar-refractivity contribution in [2.75, 3.05) is 27.3 Å². The molecule has 658 valence electrons. The zero-order valence-electron chi connectivity index (χ0n) is 67.0. The number of benzene rings is 7. The van der Waals surface area contributed by atoms with Crippen molar-refractivity contribution in [1.82, 2.24) is 42.5 Å². The van der Waals surface area contributed by atoms with E-state index in [4.69, 9.17) is 78.4 Å². The Morgan fingerprint density at radius 1 is 0.699 bits per heavy atom. The summed E-state index contributed by atoms with van der Waals surface area (Å²) in [6, 6.07) is 15.6. The predicted molar refractivity (Wildman–Crippen MR) is 437 cm³/mol. The smallest absolute Gasteiger partial charge is 0.336 e. The molecule has 7 aromatic rings. The summed E-state index contributed by atoms with van der Waals surface area (Å²) in [4.78, 5) is 128. The molecule has 20 N–H and O–H groups in total. The summed E-state index contributed by atoms with van der Waals surface area (Å²) in [5.74, 6) is -15.1. The molecule has 6 aliphatic rings. The molecule has 6 aliphatic heterocycles. The molecular formula is C84H94Cl3N9O27. The number of aliphatic hydroxyl groups is 6. The third kappa shape index (κ3) is 21.6. The molecule has 7 amide bonds. The summed E-state index contributed by atoms with van der Waals surface area (Å²) in [7, 11) is 2.64. The Morgan fingerprint density at radius 2 is 1.31 bits per heavy atom. The molecule has 2 saturated heterocycles. The van der Waals surface area contributed by atoms with Gasteiger partial charge in [0.1, 0.15) is 83.4 Å². The van der Waals surface area contributed by atoms with Crippen molar-refractivity contribution in [3.05, 3.63) is 176 Å². The number of nitrogens with two attached hydrogens (primary N) is 1. The minimum absolute atomic E-state index is 0.00840. The number of aliphatic hydroxyl groups excluding tert-OH is 6. The van der Waals surface area contributed by atoms with Gasteiger partial charge in [0.2, 0.25) is 53.9 Å². The van der Waals surface area contributed by atoms with Crippen LogP contribution in [0.4, 0.5) is 0 Å². The number of nitrogens with one attached hydrogen (secondary N) is 8. The molecule has 0 saturated carbocycles. The minimum atomic E-state index is -2.30. The highest BCUT2D eigenvalue weighted by Crippen LogP contribution is 2.50. The molecule has 0 aromatic heterocycles. The van der Waals surface area contributed by atoms with Crippen LogP contribution in [0.2, 0.25) is 15.1 Å². The predicted octanol–water partition coefficient (Wildman–Crippen LogP) is 4.45. The van der Waals surface area contributed by atoms with Gasteiger partial charge >= 0.3 is 11.9 Å². The number of phenolic OH excluding ortho intramolecular Hbond substituents is 3. The number of aromatic hydroxyl groups is 3. The lowest BCUT2D eigenvalue weighted by molar-refractivity contribution is -0.334. The number of amides is 7. The highest BCUT2D eigenvalue weighted by Gasteiger charge is 2.52. The number of carboxylic acid groups (broad SMARTS) is 1. The molecule has 2 fully saturated rings. The van der Waals surface area contributed by atoms with Crippen LogP contribution < -0.4 is 62.5 Å². The number of halogens is 3. The van der Waals surface area contributed by atoms with Crippen LogP contribution in [-0.2, 0) is 73.4 Å². The Hall–Kier alpha value is -11.0. The molecule has 0 radical (unpaired) electrons. The molecule has 36 nitrogen and oxygen atoms in total. The van der Waals surface area contributed by atoms with E-state index in [0.717, 1.165) is 72.8 Å². The van der Waals surface area contributed by atoms with Crippen molar-refractivity contribution in [1.29, 1.82) is 0 Å². The molecule has 7 aromatic carbocycles. The van der Waals surface area contributed by atoms with Gasteiger partial charge in [-0.2, -0.15) is 0 Å². The van der Waals surface area contributed by atoms with Gasteiger partial charge in [-0.1, -0.05) is 103 Å². The SMILES string of the molecule is CN[C@H](CC(C)C)C(=O)NC1C(=O)N[C@@H](CC(N)=O)C(=O)N[C@H]2C(=O)N[C@@H](C)c3ccc(O)c(c3)-c3c(O)cc(O)cc3[C@H](C(=O)O)NC(=O)[C@@H](NC=O)[C@H](O)c3ccc(c(Cl)c3)Oc3cc2cc(c3OC2OC(CO)C(O)C(O)C2OC2CC(C)(NCC(OCc3ccc(-c4ccc(Cl)cc4)cc3)C(=O)OC)C(O)C(C)O2)Oc2ccc(cc2Cl)[C@H]1O. The van der Waals surface area contributed by atoms with Crippen LogP contribution in [0.1, 0.15) is 118 Å². The zero-order valence-corrected chi connectivity index (χ0v) is 69.3. The molecular weight excluding hydrogens is 1670 g/mol. The van der Waals surface area contributed by atoms with Crippen LogP contribution in [0.5, 0.6) is 46.0 Å². The summed E-state index contributed by atoms with van der Waals surface area (Å²) in [6.07, 6.45) is -20.8. The number of phenols is 3. The van der Waals surface area contributed by atoms with Crippen LogP contribution in [0.15, 0.2) is 127 Å². The number of likely N-dealkylation sites (N-methyl/N-ethyl adjacent to an activating group) is 1. The van der Waals surface area contributed by atoms with Gasteiger partial charge in [0, 0.05) is 46.3 Å². The van der Waals surface area contributed by atoms with Gasteiger partial charge in [-0.25, -0.2) is 9.59 Å². The fraction of sp³-hybridized carbons (Fsp3) is 0.393. The lowest BCUT2D eigenvalue weighted by Gasteiger charge is -2.48. The Kier molecular flexibility index (Phi) is 30.2. The molecule has 0 aliphatic carbocycles. The molecule has 9 bridgehead atoms. The molecule has 11 unspecified atom stereocenters. The van der Waals surface area contributed by atoms with E-state index in [1.165, 1.54) is 45.2 Å². The maximum atomic E-state index is 15.9. The number of primary amides is 1. The number of carboxylic acids is 1. The third-order valence-electron chi connectivity index (χ3n) is 21.4. The largest absolute Gasteiger partial charge is 0.508 e. The van der Waals surface area contributed by atoms with Crippen LogP contribution in [-0.4, -0.2) is 217 Å². The van der Waals surface area contributed by atoms with Gasteiger partial charge in [0.15, 0.2) is 36.0 Å². The van der Waals surface area contributed by atoms with Crippen LogP contribution >= 0.6 is 34.8 Å². The van der Waals surface area contributed by atoms with Crippen molar-refractivity contribution >= 4 is 88.6 Å². The topological polar surface area (TPSA) is 552 Å². The normalized spacial score (nSPS) is 26.1. The minimum Gasteiger partial charge on any atom is -0.508 e. The van der Waals surface area contributed by atoms with Crippen LogP contribution in [0, 0.1) is 5.92 Å². The Balaban J connectivity index is 1.07. The second-order valence-corrected chi connectivity index (χ2v) is 31.8. The van der Waals surface area contributed by atoms with Crippen LogP contribution in [0.3, 0.4) is 0 Å². The number of carbonyl (C=O) groups excluding carboxylic acids is 8. The van der Waals surface area contributed by atoms with E-state index >= 15 is 9.59 Å². The quantitative estimate of drug-likeness (QED) is 0.0311. The van der Waals surface area contributed by atoms with Crippen LogP contribution in [0.25, 0.3) is 22.3 Å². The molecule has 123 heavy (non-hydrogen) atoms. The molecule has 13 rings (SSSR count). The van der Waals surface area contributed by atoms with E-state index in [9.17, 15) is 84.6 Å². The highest BCUT2D eigenvalue weighted by molar-refractivity contribution is 6.32. The third-order valence-corrected chi connectivity index (χ3v) is 22.2. The number of fused-ring (bicyclic) bond motifs is 16. The van der Waals surface area contributed by atoms with Gasteiger partial charge in [-0.15, -0.1) is 0 Å². The second-order valence-electron chi connectivity index (χ2n) is 30.6. The van der Waals surface area contributed by atoms with Gasteiger partial charge in [-0.3, -0.25) is 33.6 Å². The Labute approximate surface area is 718 Å². The van der Waals surface area contributed by atoms with Gasteiger partial charge in [0.25, 0.3) is 0 Å². The first-order chi connectivity index (χ1) is 58.4. The average Bonchev–Trinajstić information content (AvgIpc) is 0.770. The number of methoxy groups -OCH3 is 1. The molecule has 0 spiro atoms. The van der Waals surface area contributed by atoms with Gasteiger partial charge in [0.05, 0.1) is 61.1 Å². The zero-order chi connectivity index (χ0) is 89.3. The Bertz CT molecular complexity index is 5080. The van der Waals surface area contributed by atoms with Crippen molar-refractivity contribution in [3.63, 3.8) is 0 Å². The molecule has 39 heteroatoms. The van der Waals surface area contributed by atoms with Gasteiger partial charge in [-0.05, 0) is 146 Å². The lowest BCUT2D eigenvalue weighted by Crippen LogP contribution is -2.66. The number of hydrogen-bond donors (Lipinski definition) is 19. The van der Waals surface area contributed by atoms with E-state index < -0.39 is 243 Å². The summed E-state index contributed by atoms with van der Waals surface area (Å²) in [5.41, 5.74) is 4.38. The highest BCUT2D eigenvalue weighted by atomic mass is 35.5. The lowest BCUT2D eigenvalue weighted by atomic mass is 9.84. The number of esters is 1. The van der Waals surface area contributed by atoms with Crippen molar-refractivity contribution in [2.24, 2.45) is 11.7 Å². The van der Waals surface area contributed by atoms with Crippen molar-refractivity contribution in [3.8, 4) is 68.2 Å². The van der Waals surface area contributed by atoms with E-state index in [1.807, 2.05) is 50.2 Å². The summed E-state index contributed by atoms with van der Waals surface area (Å²) in [5, 5.41) is 137. The van der Waals surface area contributed by atoms with E-state index in [2.05, 4.69) is 42.5 Å². The first kappa shape index (κ1) is 92.7. The standard InChI is InChI=1S/C84H94Cl3N9O27/c1-36(2)22-52(89-6)76(108)96-68-70(104)44-16-21-57(51(87)25-44)120-59-27-45-26-58(73(59)123-83-74(72(106)71(105)61(33-97)121-83)122-63-31-84(5,75(107)38(4)118-63)91-32-60(82(115)116-7)117-34-39-8-10-40(11-9-39)41-12-17-46(85)18-13-41)119-56-20-15-43(24-50(56)86)69(103)67(90-35-98)79(111)95-66(81(113)114)49-28-47(99)29-55(101)64(49)48-23-42(14-19-54(48)100)37(3)92-78(110)65(45)94-77(109)53(30-62(88)102)93-80(68)112/h8-21,23-29,35-38,52-53,60-61,63,65-72,74-75,83,89,91,97,99-101,103-107H,22,30-34H2,1-7H3,(H2,88,102)(H,90,98)(H,92,110)(H,93,112)(H,94,109)(H,95,111)(H,96,108)(H,113,114)/t37-,38?,52+,53-,60?,61?,63?,65+,66+,67-,68?,69+,70+,71?,72?,74?,75?,83?,84?/m0/s1. The maximum absolute atomic E-state index is 15.9. The van der Waals surface area contributed by atoms with E-state index in [1.54, 1.807) is 19.1 Å². The van der Waals surface area contributed by atoms with Crippen molar-refractivity contribution in [2.45, 2.75) is 176 Å². The van der Waals surface area contributed by atoms with Crippen molar-refractivity contribution < 1.29 is 132 Å². The Morgan fingerprint density at radius 3 is 1.89 bits per heavy atom. The number of aliphatic carboxylic acids is 1. The second kappa shape index (κ2) is 40.1. The fourth-order valence-electron chi connectivity index (χ4n) is 14.7. The van der Waals surface area contributed by atoms with Gasteiger partial charge < -0.3 is 137 Å². The molecule has 6 heterocycles. The number of rotatable bonds is 23. The number of carbonyl (C=O) groups is 9. The first-order valence-electron chi connectivity index (χ1n) is 38.8. The summed E-state index contributed by atoms with van der Waals surface area (Å²) >= 11 is 20.4.